The molecule has 1 amide bonds. The molecule has 0 bridgehead atoms. The quantitative estimate of drug-likeness (QED) is 0.334. The molecule has 0 saturated heterocycles. The fourth-order valence-electron chi connectivity index (χ4n) is 4.18. The van der Waals surface area contributed by atoms with E-state index in [0.29, 0.717) is 11.1 Å². The summed E-state index contributed by atoms with van der Waals surface area (Å²) < 4.78 is 61.5. The predicted octanol–water partition coefficient (Wildman–Crippen LogP) is 3.83. The van der Waals surface area contributed by atoms with E-state index in [0.717, 1.165) is 0 Å². The lowest BCUT2D eigenvalue weighted by atomic mass is 10.1. The highest BCUT2D eigenvalue weighted by atomic mass is 32.2. The molecule has 202 valence electrons. The maximum atomic E-state index is 13.6. The number of rotatable bonds is 8. The monoisotopic (exact) mass is 557 g/mol. The number of nitrogens with zero attached hydrogens (tertiary/aromatic N) is 2. The molecule has 5 rings (SSSR count). The number of hydrogen-bond donors (Lipinski definition) is 2. The molecule has 0 radical (unpaired) electrons. The lowest BCUT2D eigenvalue weighted by Crippen LogP contribution is -2.26. The van der Waals surface area contributed by atoms with Gasteiger partial charge in [-0.3, -0.25) is 4.79 Å². The van der Waals surface area contributed by atoms with Crippen LogP contribution in [-0.2, 0) is 22.9 Å². The second-order valence-electron chi connectivity index (χ2n) is 8.67. The van der Waals surface area contributed by atoms with E-state index in [4.69, 9.17) is 0 Å². The topological polar surface area (TPSA) is 137 Å². The molecule has 1 aromatic heterocycles. The van der Waals surface area contributed by atoms with Crippen molar-refractivity contribution in [2.75, 3.05) is 5.75 Å². The van der Waals surface area contributed by atoms with E-state index < -0.39 is 28.0 Å². The van der Waals surface area contributed by atoms with E-state index in [1.54, 1.807) is 19.1 Å². The average Bonchev–Trinajstić information content (AvgIpc) is 3.43. The molecule has 1 aliphatic heterocycles. The summed E-state index contributed by atoms with van der Waals surface area (Å²) in [6, 6.07) is 14.9. The molecule has 39 heavy (non-hydrogen) atoms. The van der Waals surface area contributed by atoms with Crippen molar-refractivity contribution in [3.8, 4) is 11.5 Å². The first-order valence-corrected chi connectivity index (χ1v) is 13.3. The highest BCUT2D eigenvalue weighted by Gasteiger charge is 2.44. The minimum absolute atomic E-state index is 0.0173. The van der Waals surface area contributed by atoms with Crippen molar-refractivity contribution in [3.63, 3.8) is 0 Å². The van der Waals surface area contributed by atoms with Gasteiger partial charge in [-0.15, -0.1) is 8.78 Å². The first kappa shape index (κ1) is 26.1. The van der Waals surface area contributed by atoms with Gasteiger partial charge in [0.2, 0.25) is 5.82 Å². The molecule has 2 heterocycles. The molecule has 0 fully saturated rings. The molecule has 0 unspecified atom stereocenters. The Bertz CT molecular complexity index is 1720. The molecule has 10 nitrogen and oxygen atoms in total. The van der Waals surface area contributed by atoms with Crippen LogP contribution in [0.15, 0.2) is 65.6 Å². The van der Waals surface area contributed by atoms with Crippen LogP contribution in [0.25, 0.3) is 11.0 Å². The van der Waals surface area contributed by atoms with Gasteiger partial charge >= 0.3 is 12.3 Å². The van der Waals surface area contributed by atoms with Crippen LogP contribution in [0.4, 0.5) is 8.78 Å². The molecular formula is C26H21F2N3O7S. The number of halogens is 2. The summed E-state index contributed by atoms with van der Waals surface area (Å²) in [7, 11) is -3.33. The molecule has 13 heteroatoms. The first-order chi connectivity index (χ1) is 18.5. The van der Waals surface area contributed by atoms with Crippen molar-refractivity contribution in [1.82, 2.24) is 14.9 Å². The zero-order valence-corrected chi connectivity index (χ0v) is 21.2. The highest BCUT2D eigenvalue weighted by molar-refractivity contribution is 7.91. The number of para-hydroxylation sites is 1. The van der Waals surface area contributed by atoms with Gasteiger partial charge in [-0.1, -0.05) is 31.2 Å². The molecule has 0 saturated carbocycles. The maximum absolute atomic E-state index is 13.6. The number of alkyl halides is 2. The largest absolute Gasteiger partial charge is 0.586 e. The number of carbonyl (C=O) groups is 2. The molecule has 4 aromatic rings. The summed E-state index contributed by atoms with van der Waals surface area (Å²) >= 11 is 0. The van der Waals surface area contributed by atoms with E-state index in [2.05, 4.69) is 19.8 Å². The lowest BCUT2D eigenvalue weighted by molar-refractivity contribution is -0.287. The normalized spacial score (nSPS) is 13.9. The maximum Gasteiger partial charge on any atom is 0.586 e. The molecule has 0 aliphatic carbocycles. The summed E-state index contributed by atoms with van der Waals surface area (Å²) in [5, 5.41) is 12.5. The number of aromatic carboxylic acids is 1. The van der Waals surface area contributed by atoms with Gasteiger partial charge in [0.25, 0.3) is 5.91 Å². The molecule has 3 aromatic carbocycles. The van der Waals surface area contributed by atoms with Crippen LogP contribution < -0.4 is 14.8 Å². The number of fused-ring (bicyclic) bond motifs is 2. The number of nitrogens with one attached hydrogen (secondary N) is 1. The third-order valence-electron chi connectivity index (χ3n) is 6.16. The number of carboxylic acid groups (broad SMARTS) is 1. The highest BCUT2D eigenvalue weighted by Crippen LogP contribution is 2.43. The van der Waals surface area contributed by atoms with Crippen LogP contribution in [0, 0.1) is 0 Å². The van der Waals surface area contributed by atoms with Crippen molar-refractivity contribution in [2.45, 2.75) is 31.2 Å². The number of imidazole rings is 1. The Morgan fingerprint density at radius 2 is 1.82 bits per heavy atom. The number of aromatic nitrogens is 2. The van der Waals surface area contributed by atoms with E-state index in [1.807, 2.05) is 0 Å². The minimum atomic E-state index is -3.83. The number of carbonyl (C=O) groups excluding carboxylic acids is 1. The van der Waals surface area contributed by atoms with E-state index in [1.165, 1.54) is 53.1 Å². The van der Waals surface area contributed by atoms with Crippen LogP contribution in [0.2, 0.25) is 0 Å². The number of ether oxygens (including phenoxy) is 2. The van der Waals surface area contributed by atoms with Crippen molar-refractivity contribution in [3.05, 3.63) is 83.2 Å². The SMILES string of the molecule is CCS(=O)(=O)c1ccc(CNC(=O)c2ccc3c(c2)nc(C(=O)O)n3Cc2cccc3c2OC(F)(F)O3)cc1. The Morgan fingerprint density at radius 1 is 1.08 bits per heavy atom. The minimum Gasteiger partial charge on any atom is -0.475 e. The van der Waals surface area contributed by atoms with Gasteiger partial charge in [-0.25, -0.2) is 18.2 Å². The van der Waals surface area contributed by atoms with Crippen LogP contribution >= 0.6 is 0 Å². The zero-order valence-electron chi connectivity index (χ0n) is 20.4. The summed E-state index contributed by atoms with van der Waals surface area (Å²) in [5.74, 6) is -2.54. The van der Waals surface area contributed by atoms with Crippen molar-refractivity contribution in [2.24, 2.45) is 0 Å². The predicted molar refractivity (Wildman–Crippen MR) is 134 cm³/mol. The number of amides is 1. The smallest absolute Gasteiger partial charge is 0.475 e. The van der Waals surface area contributed by atoms with Crippen LogP contribution in [-0.4, -0.2) is 47.0 Å². The Kier molecular flexibility index (Phi) is 6.46. The second-order valence-corrected chi connectivity index (χ2v) is 11.0. The molecule has 0 spiro atoms. The third-order valence-corrected chi connectivity index (χ3v) is 7.91. The lowest BCUT2D eigenvalue weighted by Gasteiger charge is -2.10. The standard InChI is InChI=1S/C26H21F2N3O7S/c1-2-39(35,36)18-9-6-15(7-10-18)13-29-24(32)16-8-11-20-19(12-16)30-23(25(33)34)31(20)14-17-4-3-5-21-22(17)38-26(27,28)37-21/h3-12H,2,13-14H2,1H3,(H,29,32)(H,33,34). The van der Waals surface area contributed by atoms with Crippen molar-refractivity contribution >= 4 is 32.7 Å². The number of carboxylic acids is 1. The van der Waals surface area contributed by atoms with Gasteiger partial charge in [0, 0.05) is 17.7 Å². The first-order valence-electron chi connectivity index (χ1n) is 11.7. The number of benzene rings is 3. The summed E-state index contributed by atoms with van der Waals surface area (Å²) in [4.78, 5) is 29.0. The second kappa shape index (κ2) is 9.66. The number of sulfone groups is 1. The van der Waals surface area contributed by atoms with Crippen LogP contribution in [0.1, 0.15) is 39.0 Å². The van der Waals surface area contributed by atoms with Gasteiger partial charge in [-0.05, 0) is 42.0 Å². The summed E-state index contributed by atoms with van der Waals surface area (Å²) in [5.41, 5.74) is 1.73. The Hall–Kier alpha value is -4.52. The molecule has 0 atom stereocenters. The molecule has 2 N–H and O–H groups in total. The van der Waals surface area contributed by atoms with Gasteiger partial charge in [0.15, 0.2) is 21.3 Å². The van der Waals surface area contributed by atoms with E-state index in [9.17, 15) is 31.9 Å². The van der Waals surface area contributed by atoms with Crippen LogP contribution in [0.5, 0.6) is 11.5 Å². The Morgan fingerprint density at radius 3 is 2.51 bits per heavy atom. The van der Waals surface area contributed by atoms with E-state index >= 15 is 0 Å². The van der Waals surface area contributed by atoms with Crippen LogP contribution in [0.3, 0.4) is 0 Å². The van der Waals surface area contributed by atoms with Gasteiger partial charge in [0.05, 0.1) is 28.2 Å². The fraction of sp³-hybridized carbons (Fsp3) is 0.192. The van der Waals surface area contributed by atoms with E-state index in [-0.39, 0.29) is 57.7 Å². The summed E-state index contributed by atoms with van der Waals surface area (Å²) in [6.07, 6.45) is -3.83. The van der Waals surface area contributed by atoms with Crippen molar-refractivity contribution in [1.29, 1.82) is 0 Å². The zero-order chi connectivity index (χ0) is 27.9. The molecule has 1 aliphatic rings. The third kappa shape index (κ3) is 5.12. The summed E-state index contributed by atoms with van der Waals surface area (Å²) in [6.45, 7) is 1.53. The molecular weight excluding hydrogens is 536 g/mol. The van der Waals surface area contributed by atoms with Gasteiger partial charge < -0.3 is 24.5 Å². The Balaban J connectivity index is 1.38. The Labute approximate surface area is 220 Å². The van der Waals surface area contributed by atoms with Gasteiger partial charge in [-0.2, -0.15) is 0 Å². The number of hydrogen-bond acceptors (Lipinski definition) is 7. The van der Waals surface area contributed by atoms with Gasteiger partial charge in [0.1, 0.15) is 0 Å². The fourth-order valence-corrected chi connectivity index (χ4v) is 5.06. The van der Waals surface area contributed by atoms with Crippen molar-refractivity contribution < 1.29 is 41.4 Å². The average molecular weight is 558 g/mol.